The van der Waals surface area contributed by atoms with Gasteiger partial charge in [0, 0.05) is 36.9 Å². The Labute approximate surface area is 145 Å². The van der Waals surface area contributed by atoms with Crippen molar-refractivity contribution in [3.8, 4) is 0 Å². The standard InChI is InChI=1S/C17H22N4O4/c1-11-14(16(23)20-17(24)18-11)10-15(22)19-12-2-4-13(5-3-12)21-6-8-25-9-7-21/h2-5,11,14H,6-10H2,1H3,(H,19,22)(H2,18,20,23,24). The van der Waals surface area contributed by atoms with Crippen LogP contribution in [0.1, 0.15) is 13.3 Å². The van der Waals surface area contributed by atoms with Crippen LogP contribution in [0.2, 0.25) is 0 Å². The SMILES string of the molecule is CC1NC(=O)NC(=O)C1CC(=O)Nc1ccc(N2CCOCC2)cc1. The molecule has 25 heavy (non-hydrogen) atoms. The van der Waals surface area contributed by atoms with Crippen molar-refractivity contribution in [1.29, 1.82) is 0 Å². The zero-order valence-electron chi connectivity index (χ0n) is 14.1. The van der Waals surface area contributed by atoms with Crippen LogP contribution in [0, 0.1) is 5.92 Å². The summed E-state index contributed by atoms with van der Waals surface area (Å²) in [5.41, 5.74) is 1.76. The number of rotatable bonds is 4. The molecule has 2 atom stereocenters. The number of anilines is 2. The van der Waals surface area contributed by atoms with E-state index in [1.54, 1.807) is 6.92 Å². The summed E-state index contributed by atoms with van der Waals surface area (Å²) in [6, 6.07) is 6.70. The molecule has 0 bridgehead atoms. The Morgan fingerprint density at radius 2 is 1.92 bits per heavy atom. The Kier molecular flexibility index (Phi) is 5.18. The number of imide groups is 1. The summed E-state index contributed by atoms with van der Waals surface area (Å²) >= 11 is 0. The molecule has 0 aromatic heterocycles. The van der Waals surface area contributed by atoms with Crippen LogP contribution in [0.4, 0.5) is 16.2 Å². The Morgan fingerprint density at radius 3 is 2.56 bits per heavy atom. The van der Waals surface area contributed by atoms with E-state index in [-0.39, 0.29) is 18.4 Å². The Bertz CT molecular complexity index is 655. The van der Waals surface area contributed by atoms with Crippen LogP contribution < -0.4 is 20.9 Å². The molecule has 0 radical (unpaired) electrons. The van der Waals surface area contributed by atoms with Crippen molar-refractivity contribution in [2.24, 2.45) is 5.92 Å². The molecule has 8 heteroatoms. The molecule has 3 rings (SSSR count). The maximum atomic E-state index is 12.2. The first kappa shape index (κ1) is 17.2. The van der Waals surface area contributed by atoms with Crippen LogP contribution in [0.15, 0.2) is 24.3 Å². The first-order valence-corrected chi connectivity index (χ1v) is 8.37. The van der Waals surface area contributed by atoms with Gasteiger partial charge in [0.05, 0.1) is 19.1 Å². The number of amides is 4. The second-order valence-electron chi connectivity index (χ2n) is 6.26. The van der Waals surface area contributed by atoms with E-state index in [0.29, 0.717) is 5.69 Å². The van der Waals surface area contributed by atoms with Gasteiger partial charge in [0.2, 0.25) is 11.8 Å². The Balaban J connectivity index is 1.55. The highest BCUT2D eigenvalue weighted by molar-refractivity contribution is 6.01. The second kappa shape index (κ2) is 7.52. The number of carbonyl (C=O) groups excluding carboxylic acids is 3. The maximum absolute atomic E-state index is 12.2. The molecule has 2 saturated heterocycles. The topological polar surface area (TPSA) is 99.8 Å². The number of benzene rings is 1. The van der Waals surface area contributed by atoms with Crippen LogP contribution in [-0.2, 0) is 14.3 Å². The lowest BCUT2D eigenvalue weighted by molar-refractivity contribution is -0.129. The van der Waals surface area contributed by atoms with Gasteiger partial charge in [0.15, 0.2) is 0 Å². The van der Waals surface area contributed by atoms with Gasteiger partial charge in [0.25, 0.3) is 0 Å². The third-order valence-corrected chi connectivity index (χ3v) is 4.47. The lowest BCUT2D eigenvalue weighted by Crippen LogP contribution is -2.57. The summed E-state index contributed by atoms with van der Waals surface area (Å²) in [6.45, 7) is 4.86. The van der Waals surface area contributed by atoms with E-state index < -0.39 is 17.9 Å². The number of urea groups is 1. The molecule has 1 aromatic carbocycles. The normalized spacial score (nSPS) is 23.6. The number of ether oxygens (including phenoxy) is 1. The molecule has 2 heterocycles. The average Bonchev–Trinajstić information content (AvgIpc) is 2.59. The summed E-state index contributed by atoms with van der Waals surface area (Å²) in [5.74, 6) is -1.26. The predicted molar refractivity (Wildman–Crippen MR) is 92.3 cm³/mol. The molecule has 0 spiro atoms. The van der Waals surface area contributed by atoms with Gasteiger partial charge in [-0.1, -0.05) is 0 Å². The van der Waals surface area contributed by atoms with Gasteiger partial charge in [-0.15, -0.1) is 0 Å². The van der Waals surface area contributed by atoms with Crippen molar-refractivity contribution >= 4 is 29.2 Å². The largest absolute Gasteiger partial charge is 0.378 e. The predicted octanol–water partition coefficient (Wildman–Crippen LogP) is 0.696. The fourth-order valence-electron chi connectivity index (χ4n) is 3.03. The first-order valence-electron chi connectivity index (χ1n) is 8.37. The molecule has 0 saturated carbocycles. The highest BCUT2D eigenvalue weighted by Gasteiger charge is 2.34. The molecule has 134 valence electrons. The summed E-state index contributed by atoms with van der Waals surface area (Å²) in [5, 5.41) is 7.59. The van der Waals surface area contributed by atoms with Gasteiger partial charge >= 0.3 is 6.03 Å². The van der Waals surface area contributed by atoms with Gasteiger partial charge in [-0.25, -0.2) is 4.79 Å². The van der Waals surface area contributed by atoms with Gasteiger partial charge in [0.1, 0.15) is 0 Å². The first-order chi connectivity index (χ1) is 12.0. The van der Waals surface area contributed by atoms with Crippen LogP contribution in [0.25, 0.3) is 0 Å². The molecule has 2 fully saturated rings. The van der Waals surface area contributed by atoms with Crippen molar-refractivity contribution in [2.75, 3.05) is 36.5 Å². The lowest BCUT2D eigenvalue weighted by atomic mass is 9.94. The van der Waals surface area contributed by atoms with E-state index in [0.717, 1.165) is 32.0 Å². The molecule has 2 aliphatic rings. The number of nitrogens with zero attached hydrogens (tertiary/aromatic N) is 1. The molecule has 0 aliphatic carbocycles. The fourth-order valence-corrected chi connectivity index (χ4v) is 3.03. The van der Waals surface area contributed by atoms with E-state index in [4.69, 9.17) is 4.74 Å². The smallest absolute Gasteiger partial charge is 0.321 e. The van der Waals surface area contributed by atoms with Crippen molar-refractivity contribution < 1.29 is 19.1 Å². The number of hydrogen-bond donors (Lipinski definition) is 3. The molecule has 4 amide bonds. The minimum atomic E-state index is -0.578. The zero-order chi connectivity index (χ0) is 17.8. The van der Waals surface area contributed by atoms with Crippen LogP contribution in [-0.4, -0.2) is 50.2 Å². The average molecular weight is 346 g/mol. The molecule has 2 unspecified atom stereocenters. The van der Waals surface area contributed by atoms with Gasteiger partial charge in [-0.3, -0.25) is 14.9 Å². The van der Waals surface area contributed by atoms with Crippen molar-refractivity contribution in [3.05, 3.63) is 24.3 Å². The van der Waals surface area contributed by atoms with E-state index in [9.17, 15) is 14.4 Å². The lowest BCUT2D eigenvalue weighted by Gasteiger charge is -2.29. The zero-order valence-corrected chi connectivity index (χ0v) is 14.1. The Morgan fingerprint density at radius 1 is 1.24 bits per heavy atom. The van der Waals surface area contributed by atoms with E-state index in [1.807, 2.05) is 24.3 Å². The minimum absolute atomic E-state index is 0.0124. The number of morpholine rings is 1. The third kappa shape index (κ3) is 4.27. The molecule has 3 N–H and O–H groups in total. The fraction of sp³-hybridized carbons (Fsp3) is 0.471. The summed E-state index contributed by atoms with van der Waals surface area (Å²) < 4.78 is 5.34. The molecule has 1 aromatic rings. The van der Waals surface area contributed by atoms with Crippen molar-refractivity contribution in [1.82, 2.24) is 10.6 Å². The molecule has 8 nitrogen and oxygen atoms in total. The minimum Gasteiger partial charge on any atom is -0.378 e. The monoisotopic (exact) mass is 346 g/mol. The highest BCUT2D eigenvalue weighted by Crippen LogP contribution is 2.20. The Hall–Kier alpha value is -2.61. The van der Waals surface area contributed by atoms with E-state index >= 15 is 0 Å². The highest BCUT2D eigenvalue weighted by atomic mass is 16.5. The second-order valence-corrected chi connectivity index (χ2v) is 6.26. The molecular formula is C17H22N4O4. The molecular weight excluding hydrogens is 324 g/mol. The summed E-state index contributed by atoms with van der Waals surface area (Å²) in [4.78, 5) is 37.5. The summed E-state index contributed by atoms with van der Waals surface area (Å²) in [7, 11) is 0. The van der Waals surface area contributed by atoms with Crippen molar-refractivity contribution in [3.63, 3.8) is 0 Å². The van der Waals surface area contributed by atoms with Crippen LogP contribution in [0.5, 0.6) is 0 Å². The van der Waals surface area contributed by atoms with Gasteiger partial charge in [-0.05, 0) is 31.2 Å². The number of nitrogens with one attached hydrogen (secondary N) is 3. The number of carbonyl (C=O) groups is 3. The van der Waals surface area contributed by atoms with Crippen LogP contribution >= 0.6 is 0 Å². The third-order valence-electron chi connectivity index (χ3n) is 4.47. The van der Waals surface area contributed by atoms with Gasteiger partial charge < -0.3 is 20.3 Å². The maximum Gasteiger partial charge on any atom is 0.321 e. The van der Waals surface area contributed by atoms with Crippen LogP contribution in [0.3, 0.4) is 0 Å². The molecule has 2 aliphatic heterocycles. The quantitative estimate of drug-likeness (QED) is 0.745. The van der Waals surface area contributed by atoms with E-state index in [2.05, 4.69) is 20.9 Å². The van der Waals surface area contributed by atoms with Crippen molar-refractivity contribution in [2.45, 2.75) is 19.4 Å². The number of hydrogen-bond acceptors (Lipinski definition) is 5. The van der Waals surface area contributed by atoms with Gasteiger partial charge in [-0.2, -0.15) is 0 Å². The summed E-state index contributed by atoms with van der Waals surface area (Å²) in [6.07, 6.45) is 0.0124. The van der Waals surface area contributed by atoms with E-state index in [1.165, 1.54) is 0 Å².